The predicted molar refractivity (Wildman–Crippen MR) is 166 cm³/mol. The van der Waals surface area contributed by atoms with Crippen LogP contribution in [0.3, 0.4) is 0 Å². The summed E-state index contributed by atoms with van der Waals surface area (Å²) >= 11 is 1.21. The van der Waals surface area contributed by atoms with E-state index in [2.05, 4.69) is 10.3 Å². The van der Waals surface area contributed by atoms with Crippen molar-refractivity contribution in [3.8, 4) is 11.3 Å². The molecule has 1 aliphatic rings. The van der Waals surface area contributed by atoms with Crippen molar-refractivity contribution in [2.45, 2.75) is 26.8 Å². The molecule has 0 bridgehead atoms. The predicted octanol–water partition coefficient (Wildman–Crippen LogP) is 5.66. The van der Waals surface area contributed by atoms with Gasteiger partial charge in [0, 0.05) is 29.5 Å². The quantitative estimate of drug-likeness (QED) is 0.202. The molecule has 1 atom stereocenters. The maximum Gasteiger partial charge on any atom is 0.271 e. The van der Waals surface area contributed by atoms with Crippen LogP contribution in [0.4, 0.5) is 11.4 Å². The second-order valence-corrected chi connectivity index (χ2v) is 11.3. The molecule has 5 aromatic rings. The minimum atomic E-state index is -0.692. The molecular weight excluding hydrogens is 564 g/mol. The molecule has 43 heavy (non-hydrogen) atoms. The summed E-state index contributed by atoms with van der Waals surface area (Å²) in [5.41, 5.74) is 4.45. The maximum atomic E-state index is 14.0. The average Bonchev–Trinajstić information content (AvgIpc) is 3.57. The zero-order chi connectivity index (χ0) is 30.2. The lowest BCUT2D eigenvalue weighted by Gasteiger charge is -2.25. The molecule has 2 aromatic heterocycles. The lowest BCUT2D eigenvalue weighted by Crippen LogP contribution is -2.40. The molecule has 0 fully saturated rings. The van der Waals surface area contributed by atoms with E-state index in [1.54, 1.807) is 47.9 Å². The molecule has 3 heterocycles. The zero-order valence-corrected chi connectivity index (χ0v) is 24.3. The standard InChI is InChI=1S/C33H26N4O5S/c1-19-9-12-22(13-10-19)30-29(31(38)35-23-7-5-4-6-8-23)21(3)34-33-36(30)32(39)28(43-33)18-25-15-16-27(42-25)26-17-24(37(40)41)14-11-20(26)2/h4-18,30H,1-3H3,(H,35,38)/b28-18-. The Hall–Kier alpha value is -5.35. The smallest absolute Gasteiger partial charge is 0.271 e. The van der Waals surface area contributed by atoms with Crippen LogP contribution in [-0.2, 0) is 4.79 Å². The van der Waals surface area contributed by atoms with Crippen LogP contribution in [0.25, 0.3) is 17.4 Å². The van der Waals surface area contributed by atoms with Crippen molar-refractivity contribution in [3.63, 3.8) is 0 Å². The second kappa shape index (κ2) is 11.1. The molecule has 1 unspecified atom stereocenters. The first-order valence-electron chi connectivity index (χ1n) is 13.5. The van der Waals surface area contributed by atoms with Gasteiger partial charge in [0.15, 0.2) is 4.80 Å². The first-order chi connectivity index (χ1) is 20.7. The summed E-state index contributed by atoms with van der Waals surface area (Å²) in [7, 11) is 0. The monoisotopic (exact) mass is 590 g/mol. The molecule has 9 nitrogen and oxygen atoms in total. The van der Waals surface area contributed by atoms with E-state index >= 15 is 0 Å². The highest BCUT2D eigenvalue weighted by Crippen LogP contribution is 2.32. The van der Waals surface area contributed by atoms with E-state index in [1.807, 2.05) is 56.3 Å². The van der Waals surface area contributed by atoms with E-state index in [4.69, 9.17) is 4.42 Å². The normalized spacial score (nSPS) is 14.8. The van der Waals surface area contributed by atoms with E-state index in [0.717, 1.165) is 16.7 Å². The molecule has 0 spiro atoms. The number of aromatic nitrogens is 1. The topological polar surface area (TPSA) is 120 Å². The lowest BCUT2D eigenvalue weighted by molar-refractivity contribution is -0.384. The summed E-state index contributed by atoms with van der Waals surface area (Å²) in [6.07, 6.45) is 1.63. The zero-order valence-electron chi connectivity index (χ0n) is 23.5. The second-order valence-electron chi connectivity index (χ2n) is 10.3. The number of benzene rings is 3. The van der Waals surface area contributed by atoms with Gasteiger partial charge in [0.25, 0.3) is 17.2 Å². The number of carbonyl (C=O) groups is 1. The molecule has 0 saturated heterocycles. The number of allylic oxidation sites excluding steroid dienone is 1. The summed E-state index contributed by atoms with van der Waals surface area (Å²) in [5, 5.41) is 14.2. The van der Waals surface area contributed by atoms with E-state index in [1.165, 1.54) is 23.5 Å². The minimum absolute atomic E-state index is 0.0366. The van der Waals surface area contributed by atoms with Crippen LogP contribution >= 0.6 is 11.3 Å². The third kappa shape index (κ3) is 5.35. The van der Waals surface area contributed by atoms with Gasteiger partial charge in [-0.05, 0) is 56.2 Å². The van der Waals surface area contributed by atoms with Crippen LogP contribution in [0.2, 0.25) is 0 Å². The number of nitro benzene ring substituents is 1. The van der Waals surface area contributed by atoms with Crippen LogP contribution in [0.15, 0.2) is 110 Å². The van der Waals surface area contributed by atoms with Crippen LogP contribution in [0.5, 0.6) is 0 Å². The van der Waals surface area contributed by atoms with Crippen molar-refractivity contribution in [1.82, 2.24) is 4.57 Å². The van der Waals surface area contributed by atoms with Crippen molar-refractivity contribution in [3.05, 3.63) is 148 Å². The van der Waals surface area contributed by atoms with Gasteiger partial charge in [-0.2, -0.15) is 0 Å². The number of hydrogen-bond acceptors (Lipinski definition) is 7. The Bertz CT molecular complexity index is 2100. The van der Waals surface area contributed by atoms with Gasteiger partial charge in [0.05, 0.1) is 26.8 Å². The molecule has 0 aliphatic carbocycles. The van der Waals surface area contributed by atoms with Crippen LogP contribution in [0.1, 0.15) is 35.4 Å². The van der Waals surface area contributed by atoms with E-state index in [9.17, 15) is 19.7 Å². The number of nitrogens with zero attached hydrogens (tertiary/aromatic N) is 3. The fourth-order valence-corrected chi connectivity index (χ4v) is 6.12. The molecule has 0 radical (unpaired) electrons. The number of aryl methyl sites for hydroxylation is 2. The van der Waals surface area contributed by atoms with Crippen LogP contribution in [-0.4, -0.2) is 15.4 Å². The summed E-state index contributed by atoms with van der Waals surface area (Å²) in [5.74, 6) is 0.527. The van der Waals surface area contributed by atoms with Gasteiger partial charge in [0.2, 0.25) is 0 Å². The molecule has 1 amide bonds. The Balaban J connectivity index is 1.44. The van der Waals surface area contributed by atoms with Crippen molar-refractivity contribution < 1.29 is 14.1 Å². The Morgan fingerprint density at radius 1 is 1.02 bits per heavy atom. The van der Waals surface area contributed by atoms with E-state index in [0.29, 0.717) is 43.4 Å². The number of anilines is 1. The van der Waals surface area contributed by atoms with Crippen LogP contribution in [0, 0.1) is 24.0 Å². The number of thiazole rings is 1. The van der Waals surface area contributed by atoms with Gasteiger partial charge < -0.3 is 9.73 Å². The SMILES string of the molecule is CC1=C(C(=O)Nc2ccccc2)C(c2ccc(C)cc2)n2c(s/c(=C\c3ccc(-c4cc([N+](=O)[O-])ccc4C)o3)c2=O)=N1. The number of fused-ring (bicyclic) bond motifs is 1. The third-order valence-electron chi connectivity index (χ3n) is 7.29. The number of amides is 1. The van der Waals surface area contributed by atoms with Gasteiger partial charge >= 0.3 is 0 Å². The Morgan fingerprint density at radius 2 is 1.77 bits per heavy atom. The Labute approximate surface area is 249 Å². The Kier molecular flexibility index (Phi) is 7.21. The number of carbonyl (C=O) groups excluding carboxylic acids is 1. The summed E-state index contributed by atoms with van der Waals surface area (Å²) < 4.78 is 7.96. The van der Waals surface area contributed by atoms with Crippen molar-refractivity contribution in [2.24, 2.45) is 4.99 Å². The first kappa shape index (κ1) is 27.8. The minimum Gasteiger partial charge on any atom is -0.457 e. The molecule has 0 saturated carbocycles. The fourth-order valence-electron chi connectivity index (χ4n) is 5.09. The number of nitro groups is 1. The van der Waals surface area contributed by atoms with Crippen molar-refractivity contribution in [1.29, 1.82) is 0 Å². The molecular formula is C33H26N4O5S. The fraction of sp³-hybridized carbons (Fsp3) is 0.121. The van der Waals surface area contributed by atoms with Gasteiger partial charge in [-0.1, -0.05) is 65.4 Å². The largest absolute Gasteiger partial charge is 0.457 e. The molecule has 6 rings (SSSR count). The number of rotatable bonds is 6. The number of hydrogen-bond donors (Lipinski definition) is 1. The summed E-state index contributed by atoms with van der Waals surface area (Å²) in [6.45, 7) is 5.60. The molecule has 1 aliphatic heterocycles. The van der Waals surface area contributed by atoms with Gasteiger partial charge in [-0.15, -0.1) is 0 Å². The van der Waals surface area contributed by atoms with Crippen molar-refractivity contribution in [2.75, 3.05) is 5.32 Å². The number of para-hydroxylation sites is 1. The van der Waals surface area contributed by atoms with Crippen LogP contribution < -0.4 is 20.2 Å². The maximum absolute atomic E-state index is 14.0. The number of non-ortho nitro benzene ring substituents is 1. The van der Waals surface area contributed by atoms with Gasteiger partial charge in [0.1, 0.15) is 11.5 Å². The first-order valence-corrected chi connectivity index (χ1v) is 14.3. The Morgan fingerprint density at radius 3 is 2.49 bits per heavy atom. The molecule has 3 aromatic carbocycles. The number of nitrogens with one attached hydrogen (secondary N) is 1. The van der Waals surface area contributed by atoms with Crippen molar-refractivity contribution >= 4 is 34.7 Å². The molecule has 10 heteroatoms. The van der Waals surface area contributed by atoms with Gasteiger partial charge in [-0.25, -0.2) is 4.99 Å². The highest BCUT2D eigenvalue weighted by molar-refractivity contribution is 7.07. The lowest BCUT2D eigenvalue weighted by atomic mass is 9.94. The van der Waals surface area contributed by atoms with E-state index in [-0.39, 0.29) is 17.2 Å². The molecule has 1 N–H and O–H groups in total. The summed E-state index contributed by atoms with van der Waals surface area (Å²) in [4.78, 5) is 43.6. The van der Waals surface area contributed by atoms with E-state index < -0.39 is 11.0 Å². The third-order valence-corrected chi connectivity index (χ3v) is 8.27. The van der Waals surface area contributed by atoms with Gasteiger partial charge in [-0.3, -0.25) is 24.3 Å². The summed E-state index contributed by atoms with van der Waals surface area (Å²) in [6, 6.07) is 24.2. The number of furan rings is 1. The average molecular weight is 591 g/mol. The molecule has 214 valence electrons. The highest BCUT2D eigenvalue weighted by atomic mass is 32.1. The highest BCUT2D eigenvalue weighted by Gasteiger charge is 2.32.